The maximum atomic E-state index is 12.3. The normalized spacial score (nSPS) is 16.7. The van der Waals surface area contributed by atoms with E-state index in [1.165, 1.54) is 18.6 Å². The molecule has 0 bridgehead atoms. The first-order chi connectivity index (χ1) is 14.0. The van der Waals surface area contributed by atoms with Gasteiger partial charge in [0, 0.05) is 24.5 Å². The third-order valence-corrected chi connectivity index (χ3v) is 4.45. The number of rotatable bonds is 7. The van der Waals surface area contributed by atoms with Crippen LogP contribution in [0.25, 0.3) is 0 Å². The van der Waals surface area contributed by atoms with E-state index in [2.05, 4.69) is 21.3 Å². The van der Waals surface area contributed by atoms with Crippen LogP contribution in [0.15, 0.2) is 47.3 Å². The van der Waals surface area contributed by atoms with Crippen LogP contribution in [0, 0.1) is 0 Å². The number of ether oxygens (including phenoxy) is 1. The number of hydrogen-bond acceptors (Lipinski definition) is 5. The fourth-order valence-electron chi connectivity index (χ4n) is 2.81. The number of amides is 4. The predicted octanol–water partition coefficient (Wildman–Crippen LogP) is 2.34. The van der Waals surface area contributed by atoms with Crippen molar-refractivity contribution in [3.05, 3.63) is 48.4 Å². The van der Waals surface area contributed by atoms with Crippen LogP contribution in [-0.2, 0) is 9.53 Å². The van der Waals surface area contributed by atoms with Crippen molar-refractivity contribution in [1.82, 2.24) is 10.6 Å². The largest absolute Gasteiger partial charge is 0.472 e. The molecule has 0 radical (unpaired) electrons. The zero-order valence-corrected chi connectivity index (χ0v) is 16.1. The SMILES string of the molecule is C[C@H](NC(=O)c1ccoc1)C(=O)Nc1ccc(NC(=O)NC[C@H]2CCCO2)cc1. The molecule has 4 amide bonds. The van der Waals surface area contributed by atoms with Crippen molar-refractivity contribution in [2.75, 3.05) is 23.8 Å². The van der Waals surface area contributed by atoms with Gasteiger partial charge in [-0.1, -0.05) is 0 Å². The average Bonchev–Trinajstić information content (AvgIpc) is 3.42. The minimum atomic E-state index is -0.737. The van der Waals surface area contributed by atoms with Crippen LogP contribution in [-0.4, -0.2) is 43.1 Å². The molecule has 29 heavy (non-hydrogen) atoms. The lowest BCUT2D eigenvalue weighted by Crippen LogP contribution is -2.41. The van der Waals surface area contributed by atoms with E-state index in [-0.39, 0.29) is 18.0 Å². The van der Waals surface area contributed by atoms with Gasteiger partial charge in [-0.15, -0.1) is 0 Å². The van der Waals surface area contributed by atoms with Crippen LogP contribution in [0.5, 0.6) is 0 Å². The summed E-state index contributed by atoms with van der Waals surface area (Å²) < 4.78 is 10.3. The van der Waals surface area contributed by atoms with Crippen molar-refractivity contribution in [1.29, 1.82) is 0 Å². The molecule has 1 aliphatic rings. The molecule has 3 rings (SSSR count). The Morgan fingerprint density at radius 2 is 1.83 bits per heavy atom. The molecule has 1 aliphatic heterocycles. The first kappa shape index (κ1) is 20.4. The molecule has 2 atom stereocenters. The summed E-state index contributed by atoms with van der Waals surface area (Å²) >= 11 is 0. The highest BCUT2D eigenvalue weighted by molar-refractivity contribution is 6.01. The lowest BCUT2D eigenvalue weighted by Gasteiger charge is -2.14. The molecule has 1 aromatic carbocycles. The standard InChI is InChI=1S/C20H24N4O5/c1-13(22-19(26)14-8-10-28-12-14)18(25)23-15-4-6-16(7-5-15)24-20(27)21-11-17-3-2-9-29-17/h4-8,10,12-13,17H,2-3,9,11H2,1H3,(H,22,26)(H,23,25)(H2,21,24,27)/t13-,17+/m0/s1. The quantitative estimate of drug-likeness (QED) is 0.568. The molecule has 0 spiro atoms. The fourth-order valence-corrected chi connectivity index (χ4v) is 2.81. The second-order valence-electron chi connectivity index (χ2n) is 6.74. The molecule has 0 saturated carbocycles. The zero-order chi connectivity index (χ0) is 20.6. The summed E-state index contributed by atoms with van der Waals surface area (Å²) in [6.07, 6.45) is 4.75. The van der Waals surface area contributed by atoms with Gasteiger partial charge in [0.05, 0.1) is 17.9 Å². The predicted molar refractivity (Wildman–Crippen MR) is 107 cm³/mol. The van der Waals surface area contributed by atoms with Gasteiger partial charge < -0.3 is 30.4 Å². The molecule has 9 nitrogen and oxygen atoms in total. The van der Waals surface area contributed by atoms with Crippen molar-refractivity contribution in [3.8, 4) is 0 Å². The molecule has 9 heteroatoms. The molecule has 1 saturated heterocycles. The zero-order valence-electron chi connectivity index (χ0n) is 16.1. The van der Waals surface area contributed by atoms with E-state index in [1.807, 2.05) is 0 Å². The van der Waals surface area contributed by atoms with Crippen LogP contribution >= 0.6 is 0 Å². The lowest BCUT2D eigenvalue weighted by molar-refractivity contribution is -0.117. The van der Waals surface area contributed by atoms with E-state index in [0.29, 0.717) is 23.5 Å². The van der Waals surface area contributed by atoms with E-state index < -0.39 is 11.9 Å². The molecule has 1 fully saturated rings. The number of carbonyl (C=O) groups excluding carboxylic acids is 3. The molecule has 0 aliphatic carbocycles. The first-order valence-corrected chi connectivity index (χ1v) is 9.41. The molecule has 1 aromatic heterocycles. The van der Waals surface area contributed by atoms with E-state index in [1.54, 1.807) is 31.2 Å². The summed E-state index contributed by atoms with van der Waals surface area (Å²) in [6, 6.07) is 7.15. The Balaban J connectivity index is 1.43. The smallest absolute Gasteiger partial charge is 0.319 e. The Hall–Kier alpha value is -3.33. The van der Waals surface area contributed by atoms with Gasteiger partial charge in [-0.3, -0.25) is 9.59 Å². The Morgan fingerprint density at radius 3 is 2.45 bits per heavy atom. The second-order valence-corrected chi connectivity index (χ2v) is 6.74. The van der Waals surface area contributed by atoms with Crippen LogP contribution in [0.2, 0.25) is 0 Å². The van der Waals surface area contributed by atoms with Crippen LogP contribution in [0.4, 0.5) is 16.2 Å². The molecular weight excluding hydrogens is 376 g/mol. The number of hydrogen-bond donors (Lipinski definition) is 4. The monoisotopic (exact) mass is 400 g/mol. The first-order valence-electron chi connectivity index (χ1n) is 9.41. The fraction of sp³-hybridized carbons (Fsp3) is 0.350. The molecule has 2 heterocycles. The van der Waals surface area contributed by atoms with Gasteiger partial charge in [-0.2, -0.15) is 0 Å². The number of benzene rings is 1. The molecular formula is C20H24N4O5. The summed E-state index contributed by atoms with van der Waals surface area (Å²) in [4.78, 5) is 36.1. The third-order valence-electron chi connectivity index (χ3n) is 4.45. The van der Waals surface area contributed by atoms with Gasteiger partial charge in [0.25, 0.3) is 5.91 Å². The number of urea groups is 1. The highest BCUT2D eigenvalue weighted by Gasteiger charge is 2.18. The Labute approximate surface area is 168 Å². The van der Waals surface area contributed by atoms with Gasteiger partial charge in [0.1, 0.15) is 12.3 Å². The third kappa shape index (κ3) is 6.08. The van der Waals surface area contributed by atoms with Crippen molar-refractivity contribution < 1.29 is 23.5 Å². The lowest BCUT2D eigenvalue weighted by atomic mass is 10.2. The van der Waals surface area contributed by atoms with Crippen molar-refractivity contribution in [2.45, 2.75) is 31.9 Å². The topological polar surface area (TPSA) is 122 Å². The summed E-state index contributed by atoms with van der Waals surface area (Å²) in [5, 5.41) is 10.8. The van der Waals surface area contributed by atoms with Gasteiger partial charge in [0.15, 0.2) is 0 Å². The Bertz CT molecular complexity index is 829. The Morgan fingerprint density at radius 1 is 1.10 bits per heavy atom. The van der Waals surface area contributed by atoms with Gasteiger partial charge in [0.2, 0.25) is 5.91 Å². The molecule has 2 aromatic rings. The number of carbonyl (C=O) groups is 3. The van der Waals surface area contributed by atoms with Crippen LogP contribution in [0.3, 0.4) is 0 Å². The summed E-state index contributed by atoms with van der Waals surface area (Å²) in [5.74, 6) is -0.758. The van der Waals surface area contributed by atoms with Crippen molar-refractivity contribution in [3.63, 3.8) is 0 Å². The molecule has 154 valence electrons. The number of nitrogens with one attached hydrogen (secondary N) is 4. The average molecular weight is 400 g/mol. The summed E-state index contributed by atoms with van der Waals surface area (Å²) in [7, 11) is 0. The van der Waals surface area contributed by atoms with E-state index in [9.17, 15) is 14.4 Å². The van der Waals surface area contributed by atoms with Gasteiger partial charge in [-0.05, 0) is 50.1 Å². The van der Waals surface area contributed by atoms with Crippen LogP contribution < -0.4 is 21.3 Å². The number of anilines is 2. The van der Waals surface area contributed by atoms with E-state index in [4.69, 9.17) is 9.15 Å². The van der Waals surface area contributed by atoms with Crippen molar-refractivity contribution >= 4 is 29.2 Å². The van der Waals surface area contributed by atoms with E-state index >= 15 is 0 Å². The Kier molecular flexibility index (Phi) is 6.85. The molecule has 0 unspecified atom stereocenters. The maximum absolute atomic E-state index is 12.3. The van der Waals surface area contributed by atoms with Gasteiger partial charge in [-0.25, -0.2) is 4.79 Å². The number of furan rings is 1. The summed E-state index contributed by atoms with van der Waals surface area (Å²) in [6.45, 7) is 2.80. The van der Waals surface area contributed by atoms with Crippen molar-refractivity contribution in [2.24, 2.45) is 0 Å². The molecule has 4 N–H and O–H groups in total. The highest BCUT2D eigenvalue weighted by Crippen LogP contribution is 2.14. The second kappa shape index (κ2) is 9.74. The minimum Gasteiger partial charge on any atom is -0.472 e. The maximum Gasteiger partial charge on any atom is 0.319 e. The van der Waals surface area contributed by atoms with Gasteiger partial charge >= 0.3 is 6.03 Å². The minimum absolute atomic E-state index is 0.0781. The summed E-state index contributed by atoms with van der Waals surface area (Å²) in [5.41, 5.74) is 1.48. The highest BCUT2D eigenvalue weighted by atomic mass is 16.5. The van der Waals surface area contributed by atoms with E-state index in [0.717, 1.165) is 19.4 Å². The van der Waals surface area contributed by atoms with Crippen LogP contribution in [0.1, 0.15) is 30.1 Å².